The number of nitrogens with zero attached hydrogens (tertiary/aromatic N) is 1. The number of amides is 2. The molecule has 3 aromatic rings. The lowest BCUT2D eigenvalue weighted by atomic mass is 10.1. The number of imide groups is 1. The first kappa shape index (κ1) is 27.0. The minimum atomic E-state index is -0.957. The van der Waals surface area contributed by atoms with Gasteiger partial charge in [-0.05, 0) is 43.2 Å². The molecule has 0 aliphatic rings. The third kappa shape index (κ3) is 7.97. The molecule has 3 N–H and O–H groups in total. The van der Waals surface area contributed by atoms with Gasteiger partial charge in [-0.2, -0.15) is 0 Å². The number of ether oxygens (including phenoxy) is 3. The first-order valence-corrected chi connectivity index (χ1v) is 11.4. The van der Waals surface area contributed by atoms with E-state index in [0.717, 1.165) is 17.8 Å². The van der Waals surface area contributed by atoms with Gasteiger partial charge in [-0.15, -0.1) is 0 Å². The fourth-order valence-electron chi connectivity index (χ4n) is 3.12. The number of pyridine rings is 1. The van der Waals surface area contributed by atoms with Crippen LogP contribution in [-0.2, 0) is 27.5 Å². The van der Waals surface area contributed by atoms with Crippen molar-refractivity contribution >= 4 is 23.8 Å². The average Bonchev–Trinajstić information content (AvgIpc) is 2.90. The van der Waals surface area contributed by atoms with Gasteiger partial charge in [0.15, 0.2) is 0 Å². The highest BCUT2D eigenvalue weighted by Gasteiger charge is 2.24. The van der Waals surface area contributed by atoms with Crippen LogP contribution in [0.3, 0.4) is 0 Å². The van der Waals surface area contributed by atoms with E-state index < -0.39 is 36.0 Å². The summed E-state index contributed by atoms with van der Waals surface area (Å²) < 4.78 is 16.2. The van der Waals surface area contributed by atoms with Crippen molar-refractivity contribution in [2.24, 2.45) is 5.73 Å². The first-order chi connectivity index (χ1) is 17.8. The molecule has 2 aromatic carbocycles. The smallest absolute Gasteiger partial charge is 0.340 e. The second-order valence-corrected chi connectivity index (χ2v) is 8.15. The number of benzene rings is 2. The number of aromatic nitrogens is 1. The first-order valence-electron chi connectivity index (χ1n) is 11.4. The standard InChI is InChI=1S/C27H27N3O7/c1-17(2)37-21-10-8-19(9-11-21)16-36-27(34)22-12-20(14-29-24(22)25(32)30-23(31)13-28)26(33)35-15-18-6-4-3-5-7-18/h3-12,14,17H,13,15-16,28H2,1-2H3,(H,30,31,32). The lowest BCUT2D eigenvalue weighted by Crippen LogP contribution is -2.36. The predicted octanol–water partition coefficient (Wildman–Crippen LogP) is 2.80. The molecule has 192 valence electrons. The third-order valence-electron chi connectivity index (χ3n) is 4.87. The molecule has 0 spiro atoms. The lowest BCUT2D eigenvalue weighted by Gasteiger charge is -2.12. The monoisotopic (exact) mass is 505 g/mol. The number of nitrogens with two attached hydrogens (primary N) is 1. The molecule has 0 saturated carbocycles. The molecule has 0 bridgehead atoms. The SMILES string of the molecule is CC(C)Oc1ccc(COC(=O)c2cc(C(=O)OCc3ccccc3)cnc2C(=O)NC(=O)CN)cc1. The quantitative estimate of drug-likeness (QED) is 0.397. The van der Waals surface area contributed by atoms with Crippen LogP contribution in [0, 0.1) is 0 Å². The van der Waals surface area contributed by atoms with Gasteiger partial charge in [-0.25, -0.2) is 14.6 Å². The van der Waals surface area contributed by atoms with Crippen molar-refractivity contribution in [2.75, 3.05) is 6.54 Å². The van der Waals surface area contributed by atoms with Crippen molar-refractivity contribution in [1.82, 2.24) is 10.3 Å². The average molecular weight is 506 g/mol. The number of hydrogen-bond acceptors (Lipinski definition) is 9. The Balaban J connectivity index is 1.78. The van der Waals surface area contributed by atoms with Crippen LogP contribution in [-0.4, -0.2) is 41.4 Å². The zero-order valence-electron chi connectivity index (χ0n) is 20.4. The van der Waals surface area contributed by atoms with Gasteiger partial charge < -0.3 is 19.9 Å². The summed E-state index contributed by atoms with van der Waals surface area (Å²) >= 11 is 0. The summed E-state index contributed by atoms with van der Waals surface area (Å²) in [5.74, 6) is -2.73. The molecule has 0 saturated heterocycles. The van der Waals surface area contributed by atoms with E-state index in [1.807, 2.05) is 25.2 Å². The van der Waals surface area contributed by atoms with E-state index in [0.29, 0.717) is 11.3 Å². The van der Waals surface area contributed by atoms with E-state index in [9.17, 15) is 19.2 Å². The van der Waals surface area contributed by atoms with Gasteiger partial charge in [0.2, 0.25) is 5.91 Å². The van der Waals surface area contributed by atoms with Gasteiger partial charge in [0, 0.05) is 6.20 Å². The van der Waals surface area contributed by atoms with Crippen molar-refractivity contribution in [1.29, 1.82) is 0 Å². The second-order valence-electron chi connectivity index (χ2n) is 8.15. The number of carbonyl (C=O) groups excluding carboxylic acids is 4. The molecule has 1 heterocycles. The Bertz CT molecular complexity index is 1260. The van der Waals surface area contributed by atoms with Crippen molar-refractivity contribution < 1.29 is 33.4 Å². The van der Waals surface area contributed by atoms with Gasteiger partial charge in [0.05, 0.1) is 23.8 Å². The summed E-state index contributed by atoms with van der Waals surface area (Å²) in [6, 6.07) is 17.1. The number of esters is 2. The van der Waals surface area contributed by atoms with E-state index in [1.165, 1.54) is 0 Å². The Morgan fingerprint density at radius 3 is 2.14 bits per heavy atom. The summed E-state index contributed by atoms with van der Waals surface area (Å²) in [5.41, 5.74) is 5.90. The molecular weight excluding hydrogens is 478 g/mol. The number of hydrogen-bond donors (Lipinski definition) is 2. The Kier molecular flexibility index (Phi) is 9.45. The molecule has 1 aromatic heterocycles. The highest BCUT2D eigenvalue weighted by Crippen LogP contribution is 2.17. The van der Waals surface area contributed by atoms with Crippen molar-refractivity contribution in [3.05, 3.63) is 94.8 Å². The Hall–Kier alpha value is -4.57. The predicted molar refractivity (Wildman–Crippen MR) is 133 cm³/mol. The molecular formula is C27H27N3O7. The van der Waals surface area contributed by atoms with Crippen LogP contribution in [0.2, 0.25) is 0 Å². The maximum absolute atomic E-state index is 12.9. The molecule has 10 nitrogen and oxygen atoms in total. The van der Waals surface area contributed by atoms with E-state index in [2.05, 4.69) is 4.98 Å². The molecule has 0 fully saturated rings. The van der Waals surface area contributed by atoms with Crippen LogP contribution in [0.1, 0.15) is 56.2 Å². The highest BCUT2D eigenvalue weighted by atomic mass is 16.5. The van der Waals surface area contributed by atoms with E-state index in [1.54, 1.807) is 48.5 Å². The fourth-order valence-corrected chi connectivity index (χ4v) is 3.12. The molecule has 0 unspecified atom stereocenters. The van der Waals surface area contributed by atoms with Crippen molar-refractivity contribution in [3.63, 3.8) is 0 Å². The fraction of sp³-hybridized carbons (Fsp3) is 0.222. The molecule has 0 aliphatic heterocycles. The molecule has 0 radical (unpaired) electrons. The Labute approximate surface area is 213 Å². The number of carbonyl (C=O) groups is 4. The van der Waals surface area contributed by atoms with Gasteiger partial charge >= 0.3 is 11.9 Å². The van der Waals surface area contributed by atoms with Gasteiger partial charge in [0.25, 0.3) is 5.91 Å². The molecule has 37 heavy (non-hydrogen) atoms. The van der Waals surface area contributed by atoms with Gasteiger partial charge in [-0.1, -0.05) is 42.5 Å². The number of rotatable bonds is 10. The van der Waals surface area contributed by atoms with Crippen LogP contribution < -0.4 is 15.8 Å². The van der Waals surface area contributed by atoms with Gasteiger partial charge in [0.1, 0.15) is 24.7 Å². The normalized spacial score (nSPS) is 10.5. The zero-order chi connectivity index (χ0) is 26.8. The second kappa shape index (κ2) is 12.9. The minimum Gasteiger partial charge on any atom is -0.491 e. The van der Waals surface area contributed by atoms with Crippen LogP contribution >= 0.6 is 0 Å². The molecule has 0 atom stereocenters. The molecule has 0 aliphatic carbocycles. The molecule has 10 heteroatoms. The topological polar surface area (TPSA) is 147 Å². The van der Waals surface area contributed by atoms with Crippen molar-refractivity contribution in [3.8, 4) is 5.75 Å². The Morgan fingerprint density at radius 2 is 1.51 bits per heavy atom. The summed E-state index contributed by atoms with van der Waals surface area (Å²) in [7, 11) is 0. The van der Waals surface area contributed by atoms with Crippen LogP contribution in [0.15, 0.2) is 66.9 Å². The largest absolute Gasteiger partial charge is 0.491 e. The molecule has 2 amide bonds. The van der Waals surface area contributed by atoms with Crippen LogP contribution in [0.25, 0.3) is 0 Å². The van der Waals surface area contributed by atoms with Crippen LogP contribution in [0.4, 0.5) is 0 Å². The van der Waals surface area contributed by atoms with Crippen LogP contribution in [0.5, 0.6) is 5.75 Å². The van der Waals surface area contributed by atoms with E-state index in [-0.39, 0.29) is 30.4 Å². The van der Waals surface area contributed by atoms with E-state index in [4.69, 9.17) is 19.9 Å². The lowest BCUT2D eigenvalue weighted by molar-refractivity contribution is -0.118. The highest BCUT2D eigenvalue weighted by molar-refractivity contribution is 6.10. The molecule has 3 rings (SSSR count). The van der Waals surface area contributed by atoms with E-state index >= 15 is 0 Å². The number of nitrogens with one attached hydrogen (secondary N) is 1. The summed E-state index contributed by atoms with van der Waals surface area (Å²) in [6.45, 7) is 3.26. The van der Waals surface area contributed by atoms with Crippen molar-refractivity contribution in [2.45, 2.75) is 33.2 Å². The zero-order valence-corrected chi connectivity index (χ0v) is 20.4. The van der Waals surface area contributed by atoms with Gasteiger partial charge in [-0.3, -0.25) is 14.9 Å². The summed E-state index contributed by atoms with van der Waals surface area (Å²) in [6.07, 6.45) is 1.10. The summed E-state index contributed by atoms with van der Waals surface area (Å²) in [5, 5.41) is 2.03. The minimum absolute atomic E-state index is 0.00319. The Morgan fingerprint density at radius 1 is 0.892 bits per heavy atom. The maximum Gasteiger partial charge on any atom is 0.340 e. The maximum atomic E-state index is 12.9. The summed E-state index contributed by atoms with van der Waals surface area (Å²) in [4.78, 5) is 53.6. The third-order valence-corrected chi connectivity index (χ3v) is 4.87.